The number of carbonyl (C=O) groups excluding carboxylic acids is 1. The zero-order valence-corrected chi connectivity index (χ0v) is 38.6. The van der Waals surface area contributed by atoms with Crippen LogP contribution in [0.2, 0.25) is 0 Å². The monoisotopic (exact) mass is 858 g/mol. The zero-order chi connectivity index (χ0) is 44.2. The van der Waals surface area contributed by atoms with Crippen molar-refractivity contribution in [3.8, 4) is 0 Å². The number of aliphatic hydroxyl groups excluding tert-OH is 7. The molecule has 11 nitrogen and oxygen atoms in total. The molecule has 0 radical (unpaired) electrons. The number of amides is 1. The van der Waals surface area contributed by atoms with E-state index in [1.165, 1.54) is 135 Å². The number of ether oxygens (including phenoxy) is 2. The highest BCUT2D eigenvalue weighted by Gasteiger charge is 2.44. The first-order chi connectivity index (χ1) is 29.0. The van der Waals surface area contributed by atoms with Gasteiger partial charge in [0.15, 0.2) is 6.29 Å². The molecule has 9 atom stereocenters. The molecule has 60 heavy (non-hydrogen) atoms. The predicted molar refractivity (Wildman–Crippen MR) is 242 cm³/mol. The van der Waals surface area contributed by atoms with E-state index in [9.17, 15) is 40.5 Å². The van der Waals surface area contributed by atoms with Crippen LogP contribution in [0.4, 0.5) is 0 Å². The lowest BCUT2D eigenvalue weighted by Crippen LogP contribution is -2.60. The van der Waals surface area contributed by atoms with Crippen molar-refractivity contribution in [2.45, 2.75) is 275 Å². The SMILES string of the molecule is CCCCCCCCC=CCCCCCCCCCCCCCC(O)C(=O)NC(COC1OC(CO)C(O)C(O)C1O)C(O)C(O)CCCCCCCCCCCC(C)C. The van der Waals surface area contributed by atoms with Crippen molar-refractivity contribution in [1.82, 2.24) is 5.32 Å². The largest absolute Gasteiger partial charge is 0.394 e. The number of hydrogen-bond donors (Lipinski definition) is 8. The molecule has 0 aromatic heterocycles. The number of hydrogen-bond acceptors (Lipinski definition) is 10. The minimum atomic E-state index is -1.66. The average Bonchev–Trinajstić information content (AvgIpc) is 3.23. The van der Waals surface area contributed by atoms with E-state index in [1.54, 1.807) is 0 Å². The molecule has 11 heteroatoms. The number of unbranched alkanes of at least 4 members (excludes halogenated alkanes) is 25. The Morgan fingerprint density at radius 3 is 1.50 bits per heavy atom. The van der Waals surface area contributed by atoms with E-state index < -0.39 is 74.2 Å². The quantitative estimate of drug-likeness (QED) is 0.0218. The second kappa shape index (κ2) is 38.3. The number of aliphatic hydroxyl groups is 7. The third-order valence-electron chi connectivity index (χ3n) is 12.2. The summed E-state index contributed by atoms with van der Waals surface area (Å²) in [6.07, 6.45) is 28.4. The molecule has 0 aromatic rings. The third-order valence-corrected chi connectivity index (χ3v) is 12.2. The van der Waals surface area contributed by atoms with E-state index in [0.29, 0.717) is 19.3 Å². The molecule has 8 N–H and O–H groups in total. The standard InChI is InChI=1S/C49H95NO10/c1-4-5-6-7-8-9-10-11-12-13-14-15-16-17-18-19-20-23-27-30-33-36-42(53)48(58)50-40(38-59-49-47(57)46(56)45(55)43(37-51)60-49)44(54)41(52)35-32-29-26-24-21-22-25-28-31-34-39(2)3/h11-12,39-47,49,51-57H,4-10,13-38H2,1-3H3,(H,50,58). The number of nitrogens with one attached hydrogen (secondary N) is 1. The molecule has 1 fully saturated rings. The lowest BCUT2D eigenvalue weighted by atomic mass is 9.98. The Morgan fingerprint density at radius 2 is 1.03 bits per heavy atom. The van der Waals surface area contributed by atoms with Crippen LogP contribution in [0, 0.1) is 5.92 Å². The number of rotatable bonds is 41. The molecule has 1 rings (SSSR count). The first kappa shape index (κ1) is 56.9. The highest BCUT2D eigenvalue weighted by molar-refractivity contribution is 5.80. The maximum absolute atomic E-state index is 13.1. The van der Waals surface area contributed by atoms with E-state index >= 15 is 0 Å². The topological polar surface area (TPSA) is 189 Å². The Bertz CT molecular complexity index is 999. The highest BCUT2D eigenvalue weighted by atomic mass is 16.7. The summed E-state index contributed by atoms with van der Waals surface area (Å²) < 4.78 is 11.1. The second-order valence-corrected chi connectivity index (χ2v) is 18.4. The summed E-state index contributed by atoms with van der Waals surface area (Å²) in [6, 6.07) is -1.17. The van der Waals surface area contributed by atoms with E-state index in [0.717, 1.165) is 44.4 Å². The molecule has 1 heterocycles. The van der Waals surface area contributed by atoms with Gasteiger partial charge in [0, 0.05) is 0 Å². The van der Waals surface area contributed by atoms with Crippen LogP contribution in [0.25, 0.3) is 0 Å². The van der Waals surface area contributed by atoms with Crippen LogP contribution in [0.1, 0.15) is 220 Å². The van der Waals surface area contributed by atoms with Crippen LogP contribution in [0.5, 0.6) is 0 Å². The van der Waals surface area contributed by atoms with E-state index in [-0.39, 0.29) is 6.42 Å². The van der Waals surface area contributed by atoms with Gasteiger partial charge in [-0.05, 0) is 44.4 Å². The van der Waals surface area contributed by atoms with Crippen molar-refractivity contribution in [2.24, 2.45) is 5.92 Å². The smallest absolute Gasteiger partial charge is 0.249 e. The lowest BCUT2D eigenvalue weighted by Gasteiger charge is -2.40. The summed E-state index contributed by atoms with van der Waals surface area (Å²) in [6.45, 7) is 5.73. The van der Waals surface area contributed by atoms with Crippen LogP contribution in [0.3, 0.4) is 0 Å². The van der Waals surface area contributed by atoms with Crippen LogP contribution < -0.4 is 5.32 Å². The summed E-state index contributed by atoms with van der Waals surface area (Å²) in [5, 5.41) is 75.7. The van der Waals surface area contributed by atoms with Gasteiger partial charge in [-0.25, -0.2) is 0 Å². The van der Waals surface area contributed by atoms with E-state index in [1.807, 2.05) is 0 Å². The molecule has 0 aromatic carbocycles. The summed E-state index contributed by atoms with van der Waals surface area (Å²) in [5.41, 5.74) is 0. The summed E-state index contributed by atoms with van der Waals surface area (Å²) >= 11 is 0. The third kappa shape index (κ3) is 28.5. The van der Waals surface area contributed by atoms with Crippen LogP contribution in [0.15, 0.2) is 12.2 Å². The van der Waals surface area contributed by atoms with Crippen molar-refractivity contribution in [3.05, 3.63) is 12.2 Å². The van der Waals surface area contributed by atoms with Gasteiger partial charge in [-0.1, -0.05) is 193 Å². The second-order valence-electron chi connectivity index (χ2n) is 18.4. The van der Waals surface area contributed by atoms with Gasteiger partial charge in [0.2, 0.25) is 5.91 Å². The van der Waals surface area contributed by atoms with Gasteiger partial charge < -0.3 is 50.5 Å². The van der Waals surface area contributed by atoms with Gasteiger partial charge in [0.1, 0.15) is 36.6 Å². The molecule has 1 aliphatic rings. The van der Waals surface area contributed by atoms with Crippen LogP contribution >= 0.6 is 0 Å². The number of carbonyl (C=O) groups is 1. The summed E-state index contributed by atoms with van der Waals surface area (Å²) in [4.78, 5) is 13.1. The molecular weight excluding hydrogens is 763 g/mol. The Balaban J connectivity index is 2.37. The fraction of sp³-hybridized carbons (Fsp3) is 0.939. The molecule has 1 amide bonds. The minimum Gasteiger partial charge on any atom is -0.394 e. The first-order valence-corrected chi connectivity index (χ1v) is 24.9. The van der Waals surface area contributed by atoms with Gasteiger partial charge in [0.05, 0.1) is 25.4 Å². The van der Waals surface area contributed by atoms with Crippen LogP contribution in [-0.4, -0.2) is 110 Å². The molecule has 9 unspecified atom stereocenters. The predicted octanol–water partition coefficient (Wildman–Crippen LogP) is 8.70. The van der Waals surface area contributed by atoms with Gasteiger partial charge in [-0.3, -0.25) is 4.79 Å². The molecule has 0 spiro atoms. The zero-order valence-electron chi connectivity index (χ0n) is 38.6. The van der Waals surface area contributed by atoms with E-state index in [2.05, 4.69) is 38.2 Å². The van der Waals surface area contributed by atoms with Gasteiger partial charge in [-0.15, -0.1) is 0 Å². The molecular formula is C49H95NO10. The maximum atomic E-state index is 13.1. The molecule has 0 aliphatic carbocycles. The van der Waals surface area contributed by atoms with Crippen molar-refractivity contribution >= 4 is 5.91 Å². The van der Waals surface area contributed by atoms with Crippen molar-refractivity contribution in [3.63, 3.8) is 0 Å². The van der Waals surface area contributed by atoms with Gasteiger partial charge in [-0.2, -0.15) is 0 Å². The summed E-state index contributed by atoms with van der Waals surface area (Å²) in [5.74, 6) is 0.0657. The Hall–Kier alpha value is -1.15. The Morgan fingerprint density at radius 1 is 0.600 bits per heavy atom. The molecule has 356 valence electrons. The average molecular weight is 858 g/mol. The van der Waals surface area contributed by atoms with Crippen molar-refractivity contribution < 1.29 is 50.0 Å². The highest BCUT2D eigenvalue weighted by Crippen LogP contribution is 2.23. The lowest BCUT2D eigenvalue weighted by molar-refractivity contribution is -0.303. The van der Waals surface area contributed by atoms with Crippen LogP contribution in [-0.2, 0) is 14.3 Å². The molecule has 1 aliphatic heterocycles. The maximum Gasteiger partial charge on any atom is 0.249 e. The number of allylic oxidation sites excluding steroid dienone is 2. The van der Waals surface area contributed by atoms with Gasteiger partial charge >= 0.3 is 0 Å². The van der Waals surface area contributed by atoms with E-state index in [4.69, 9.17) is 9.47 Å². The molecule has 0 bridgehead atoms. The summed E-state index contributed by atoms with van der Waals surface area (Å²) in [7, 11) is 0. The first-order valence-electron chi connectivity index (χ1n) is 24.9. The molecule has 1 saturated heterocycles. The molecule has 0 saturated carbocycles. The Kier molecular flexibility index (Phi) is 36.3. The van der Waals surface area contributed by atoms with Crippen molar-refractivity contribution in [1.29, 1.82) is 0 Å². The van der Waals surface area contributed by atoms with Crippen molar-refractivity contribution in [2.75, 3.05) is 13.2 Å². The fourth-order valence-electron chi connectivity index (χ4n) is 8.09. The van der Waals surface area contributed by atoms with Gasteiger partial charge in [0.25, 0.3) is 0 Å². The minimum absolute atomic E-state index is 0.261. The Labute approximate surface area is 366 Å². The normalized spacial score (nSPS) is 21.8. The fourth-order valence-corrected chi connectivity index (χ4v) is 8.09.